The summed E-state index contributed by atoms with van der Waals surface area (Å²) in [5.41, 5.74) is 6.72. The van der Waals surface area contributed by atoms with Gasteiger partial charge in [-0.05, 0) is 30.4 Å². The van der Waals surface area contributed by atoms with E-state index < -0.39 is 0 Å². The third kappa shape index (κ3) is 2.34. The van der Waals surface area contributed by atoms with Crippen LogP contribution in [-0.4, -0.2) is 10.6 Å². The topological polar surface area (TPSA) is 46.2 Å². The van der Waals surface area contributed by atoms with Gasteiger partial charge in [0.2, 0.25) is 0 Å². The maximum Gasteiger partial charge on any atom is 0.115 e. The maximum absolute atomic E-state index is 9.67. The quantitative estimate of drug-likeness (QED) is 0.603. The lowest BCUT2D eigenvalue weighted by Gasteiger charge is -2.33. The molecule has 1 unspecified atom stereocenters. The Morgan fingerprint density at radius 3 is 2.38 bits per heavy atom. The zero-order valence-electron chi connectivity index (χ0n) is 8.89. The van der Waals surface area contributed by atoms with Gasteiger partial charge in [0, 0.05) is 5.54 Å². The SMILES string of the molecule is CC1(N)C=CC(O)=C(C(C)(C)C)C1. The van der Waals surface area contributed by atoms with Gasteiger partial charge in [-0.1, -0.05) is 26.8 Å². The zero-order valence-corrected chi connectivity index (χ0v) is 8.89. The molecular weight excluding hydrogens is 162 g/mol. The first-order valence-electron chi connectivity index (χ1n) is 4.63. The fourth-order valence-electron chi connectivity index (χ4n) is 1.55. The first-order chi connectivity index (χ1) is 5.72. The van der Waals surface area contributed by atoms with E-state index in [1.807, 2.05) is 13.0 Å². The lowest BCUT2D eigenvalue weighted by atomic mass is 9.76. The van der Waals surface area contributed by atoms with Gasteiger partial charge >= 0.3 is 0 Å². The Hall–Kier alpha value is -0.760. The van der Waals surface area contributed by atoms with Crippen LogP contribution in [0.3, 0.4) is 0 Å². The maximum atomic E-state index is 9.67. The van der Waals surface area contributed by atoms with Crippen molar-refractivity contribution in [1.29, 1.82) is 0 Å². The molecule has 1 atom stereocenters. The first-order valence-corrected chi connectivity index (χ1v) is 4.63. The molecule has 0 amide bonds. The van der Waals surface area contributed by atoms with E-state index in [4.69, 9.17) is 5.73 Å². The van der Waals surface area contributed by atoms with Crippen molar-refractivity contribution in [3.8, 4) is 0 Å². The minimum absolute atomic E-state index is 0.00449. The number of aliphatic hydroxyl groups is 1. The molecule has 0 radical (unpaired) electrons. The third-order valence-corrected chi connectivity index (χ3v) is 2.39. The Morgan fingerprint density at radius 1 is 1.46 bits per heavy atom. The van der Waals surface area contributed by atoms with E-state index in [0.29, 0.717) is 5.76 Å². The Kier molecular flexibility index (Phi) is 2.28. The van der Waals surface area contributed by atoms with Crippen molar-refractivity contribution in [1.82, 2.24) is 0 Å². The highest BCUT2D eigenvalue weighted by molar-refractivity contribution is 5.33. The molecule has 2 heteroatoms. The summed E-state index contributed by atoms with van der Waals surface area (Å²) in [6.45, 7) is 8.25. The molecule has 0 saturated heterocycles. The van der Waals surface area contributed by atoms with Crippen LogP contribution in [0.1, 0.15) is 34.1 Å². The molecule has 74 valence electrons. The van der Waals surface area contributed by atoms with E-state index in [-0.39, 0.29) is 11.0 Å². The van der Waals surface area contributed by atoms with Crippen molar-refractivity contribution in [2.45, 2.75) is 39.7 Å². The zero-order chi connectivity index (χ0) is 10.3. The van der Waals surface area contributed by atoms with E-state index in [9.17, 15) is 5.11 Å². The van der Waals surface area contributed by atoms with Gasteiger partial charge in [0.1, 0.15) is 5.76 Å². The Morgan fingerprint density at radius 2 is 2.00 bits per heavy atom. The molecule has 0 aromatic heterocycles. The summed E-state index contributed by atoms with van der Waals surface area (Å²) in [5, 5.41) is 9.67. The summed E-state index contributed by atoms with van der Waals surface area (Å²) in [5.74, 6) is 0.385. The van der Waals surface area contributed by atoms with Crippen LogP contribution in [0.25, 0.3) is 0 Å². The predicted molar refractivity (Wildman–Crippen MR) is 55.5 cm³/mol. The Bertz CT molecular complexity index is 266. The van der Waals surface area contributed by atoms with Crippen LogP contribution in [0, 0.1) is 5.41 Å². The molecule has 0 fully saturated rings. The standard InChI is InChI=1S/C11H19NO/c1-10(2,3)8-7-11(4,12)6-5-9(8)13/h5-6,13H,7,12H2,1-4H3. The van der Waals surface area contributed by atoms with E-state index in [2.05, 4.69) is 20.8 Å². The number of hydrogen-bond acceptors (Lipinski definition) is 2. The fraction of sp³-hybridized carbons (Fsp3) is 0.636. The van der Waals surface area contributed by atoms with Crippen molar-refractivity contribution in [2.24, 2.45) is 11.1 Å². The fourth-order valence-corrected chi connectivity index (χ4v) is 1.55. The van der Waals surface area contributed by atoms with E-state index in [1.165, 1.54) is 0 Å². The lowest BCUT2D eigenvalue weighted by molar-refractivity contribution is 0.356. The van der Waals surface area contributed by atoms with Crippen LogP contribution in [0.15, 0.2) is 23.5 Å². The molecule has 1 rings (SSSR count). The second kappa shape index (κ2) is 2.88. The van der Waals surface area contributed by atoms with Gasteiger partial charge in [0.05, 0.1) is 0 Å². The monoisotopic (exact) mass is 181 g/mol. The molecule has 0 heterocycles. The van der Waals surface area contributed by atoms with Crippen molar-refractivity contribution < 1.29 is 5.11 Å². The lowest BCUT2D eigenvalue weighted by Crippen LogP contribution is -2.38. The van der Waals surface area contributed by atoms with Gasteiger partial charge in [-0.15, -0.1) is 0 Å². The summed E-state index contributed by atoms with van der Waals surface area (Å²) in [4.78, 5) is 0. The summed E-state index contributed by atoms with van der Waals surface area (Å²) in [6.07, 6.45) is 4.31. The Balaban J connectivity index is 3.03. The molecular formula is C11H19NO. The molecule has 2 nitrogen and oxygen atoms in total. The van der Waals surface area contributed by atoms with Crippen LogP contribution in [0.2, 0.25) is 0 Å². The van der Waals surface area contributed by atoms with Gasteiger partial charge in [-0.3, -0.25) is 0 Å². The second-order valence-electron chi connectivity index (χ2n) is 5.13. The normalized spacial score (nSPS) is 29.6. The van der Waals surface area contributed by atoms with E-state index in [1.54, 1.807) is 6.08 Å². The van der Waals surface area contributed by atoms with E-state index >= 15 is 0 Å². The van der Waals surface area contributed by atoms with Gasteiger partial charge < -0.3 is 10.8 Å². The number of allylic oxidation sites excluding steroid dienone is 1. The highest BCUT2D eigenvalue weighted by Crippen LogP contribution is 2.36. The molecule has 0 aromatic carbocycles. The average molecular weight is 181 g/mol. The van der Waals surface area contributed by atoms with Crippen LogP contribution < -0.4 is 5.73 Å². The molecule has 1 aliphatic rings. The van der Waals surface area contributed by atoms with E-state index in [0.717, 1.165) is 12.0 Å². The number of rotatable bonds is 0. The first kappa shape index (κ1) is 10.3. The molecule has 3 N–H and O–H groups in total. The van der Waals surface area contributed by atoms with Crippen LogP contribution in [-0.2, 0) is 0 Å². The van der Waals surface area contributed by atoms with Crippen LogP contribution in [0.5, 0.6) is 0 Å². The second-order valence-corrected chi connectivity index (χ2v) is 5.13. The largest absolute Gasteiger partial charge is 0.508 e. The number of hydrogen-bond donors (Lipinski definition) is 2. The van der Waals surface area contributed by atoms with Crippen molar-refractivity contribution in [3.05, 3.63) is 23.5 Å². The summed E-state index contributed by atoms with van der Waals surface area (Å²) < 4.78 is 0. The van der Waals surface area contributed by atoms with Gasteiger partial charge in [-0.25, -0.2) is 0 Å². The van der Waals surface area contributed by atoms with Crippen LogP contribution in [0.4, 0.5) is 0 Å². The van der Waals surface area contributed by atoms with Crippen LogP contribution >= 0.6 is 0 Å². The van der Waals surface area contributed by atoms with Crippen molar-refractivity contribution in [3.63, 3.8) is 0 Å². The van der Waals surface area contributed by atoms with Gasteiger partial charge in [0.15, 0.2) is 0 Å². The molecule has 0 saturated carbocycles. The molecule has 1 aliphatic carbocycles. The van der Waals surface area contributed by atoms with Crippen molar-refractivity contribution in [2.75, 3.05) is 0 Å². The van der Waals surface area contributed by atoms with Gasteiger partial charge in [0.25, 0.3) is 0 Å². The number of aliphatic hydroxyl groups excluding tert-OH is 1. The minimum atomic E-state index is -0.311. The summed E-state index contributed by atoms with van der Waals surface area (Å²) in [7, 11) is 0. The third-order valence-electron chi connectivity index (χ3n) is 2.39. The highest BCUT2D eigenvalue weighted by atomic mass is 16.3. The smallest absolute Gasteiger partial charge is 0.115 e. The summed E-state index contributed by atoms with van der Waals surface area (Å²) >= 11 is 0. The predicted octanol–water partition coefficient (Wildman–Crippen LogP) is 2.52. The highest BCUT2D eigenvalue weighted by Gasteiger charge is 2.29. The molecule has 0 aliphatic heterocycles. The number of nitrogens with two attached hydrogens (primary N) is 1. The van der Waals surface area contributed by atoms with Gasteiger partial charge in [-0.2, -0.15) is 0 Å². The molecule has 0 bridgehead atoms. The summed E-state index contributed by atoms with van der Waals surface area (Å²) in [6, 6.07) is 0. The van der Waals surface area contributed by atoms with Crippen molar-refractivity contribution >= 4 is 0 Å². The molecule has 0 aromatic rings. The minimum Gasteiger partial charge on any atom is -0.508 e. The molecule has 13 heavy (non-hydrogen) atoms. The Labute approximate surface area is 80.1 Å². The molecule has 0 spiro atoms. The average Bonchev–Trinajstić information content (AvgIpc) is 1.92.